The zero-order valence-electron chi connectivity index (χ0n) is 10.7. The van der Waals surface area contributed by atoms with Crippen LogP contribution in [0.1, 0.15) is 18.1 Å². The van der Waals surface area contributed by atoms with E-state index in [9.17, 15) is 4.79 Å². The molecule has 0 aromatic heterocycles. The first-order valence-electron chi connectivity index (χ1n) is 6.22. The van der Waals surface area contributed by atoms with Gasteiger partial charge in [0, 0.05) is 6.42 Å². The van der Waals surface area contributed by atoms with Gasteiger partial charge in [-0.05, 0) is 35.7 Å². The van der Waals surface area contributed by atoms with Crippen LogP contribution in [0.15, 0.2) is 42.5 Å². The summed E-state index contributed by atoms with van der Waals surface area (Å²) in [4.78, 5) is 10.6. The van der Waals surface area contributed by atoms with E-state index in [1.54, 1.807) is 6.07 Å². The highest BCUT2D eigenvalue weighted by atomic mass is 35.5. The van der Waals surface area contributed by atoms with Crippen molar-refractivity contribution in [2.75, 3.05) is 0 Å². The molecule has 19 heavy (non-hydrogen) atoms. The van der Waals surface area contributed by atoms with E-state index in [0.29, 0.717) is 17.2 Å². The normalized spacial score (nSPS) is 10.2. The second-order valence-electron chi connectivity index (χ2n) is 4.20. The second kappa shape index (κ2) is 6.39. The van der Waals surface area contributed by atoms with Crippen LogP contribution >= 0.6 is 11.6 Å². The van der Waals surface area contributed by atoms with Crippen LogP contribution in [0.3, 0.4) is 0 Å². The third-order valence-electron chi connectivity index (χ3n) is 2.89. The number of hydrogen-bond acceptors (Lipinski definition) is 2. The Balaban J connectivity index is 2.34. The first kappa shape index (κ1) is 13.6. The average Bonchev–Trinajstić information content (AvgIpc) is 2.42. The number of carbonyl (C=O) groups excluding carboxylic acids is 1. The number of halogens is 1. The van der Waals surface area contributed by atoms with Gasteiger partial charge in [0.2, 0.25) is 0 Å². The van der Waals surface area contributed by atoms with Crippen molar-refractivity contribution in [1.82, 2.24) is 0 Å². The Labute approximate surface area is 118 Å². The lowest BCUT2D eigenvalue weighted by Crippen LogP contribution is -1.94. The first-order valence-corrected chi connectivity index (χ1v) is 6.60. The summed E-state index contributed by atoms with van der Waals surface area (Å²) in [5, 5.41) is 0.574. The van der Waals surface area contributed by atoms with Crippen molar-refractivity contribution in [3.8, 4) is 11.5 Å². The summed E-state index contributed by atoms with van der Waals surface area (Å²) in [5.41, 5.74) is 2.03. The highest BCUT2D eigenvalue weighted by molar-refractivity contribution is 6.32. The molecule has 0 saturated carbocycles. The number of rotatable bonds is 5. The molecule has 3 heteroatoms. The molecule has 0 bridgehead atoms. The summed E-state index contributed by atoms with van der Waals surface area (Å²) >= 11 is 6.09. The molecule has 0 fully saturated rings. The summed E-state index contributed by atoms with van der Waals surface area (Å²) in [6.45, 7) is 2.06. The Morgan fingerprint density at radius 2 is 1.95 bits per heavy atom. The van der Waals surface area contributed by atoms with E-state index in [4.69, 9.17) is 16.3 Å². The van der Waals surface area contributed by atoms with Gasteiger partial charge in [-0.1, -0.05) is 42.8 Å². The van der Waals surface area contributed by atoms with Gasteiger partial charge in [0.1, 0.15) is 17.8 Å². The summed E-state index contributed by atoms with van der Waals surface area (Å²) in [7, 11) is 0. The number of ether oxygens (including phenoxy) is 1. The Morgan fingerprint density at radius 3 is 2.63 bits per heavy atom. The van der Waals surface area contributed by atoms with Crippen LogP contribution in [0.5, 0.6) is 11.5 Å². The SMILES string of the molecule is CCc1ccc(CC=O)cc1Oc1ccccc1Cl. The molecule has 0 N–H and O–H groups in total. The molecule has 2 aromatic carbocycles. The van der Waals surface area contributed by atoms with Crippen LogP contribution in [0.25, 0.3) is 0 Å². The Kier molecular flexibility index (Phi) is 4.58. The molecule has 0 aliphatic heterocycles. The molecular formula is C16H15ClO2. The van der Waals surface area contributed by atoms with E-state index < -0.39 is 0 Å². The molecule has 0 radical (unpaired) electrons. The van der Waals surface area contributed by atoms with E-state index in [2.05, 4.69) is 6.92 Å². The van der Waals surface area contributed by atoms with Gasteiger partial charge in [-0.15, -0.1) is 0 Å². The molecule has 0 aliphatic rings. The summed E-state index contributed by atoms with van der Waals surface area (Å²) in [5.74, 6) is 1.39. The quantitative estimate of drug-likeness (QED) is 0.754. The van der Waals surface area contributed by atoms with Gasteiger partial charge in [-0.3, -0.25) is 0 Å². The fourth-order valence-electron chi connectivity index (χ4n) is 1.86. The smallest absolute Gasteiger partial charge is 0.146 e. The molecule has 0 atom stereocenters. The van der Waals surface area contributed by atoms with Crippen LogP contribution in [0.2, 0.25) is 5.02 Å². The predicted molar refractivity (Wildman–Crippen MR) is 77.1 cm³/mol. The minimum Gasteiger partial charge on any atom is -0.456 e. The number of aryl methyl sites for hydroxylation is 1. The topological polar surface area (TPSA) is 26.3 Å². The Morgan fingerprint density at radius 1 is 1.16 bits per heavy atom. The number of benzene rings is 2. The first-order chi connectivity index (χ1) is 9.24. The lowest BCUT2D eigenvalue weighted by atomic mass is 10.1. The molecule has 0 unspecified atom stereocenters. The molecule has 2 rings (SSSR count). The van der Waals surface area contributed by atoms with Gasteiger partial charge in [0.25, 0.3) is 0 Å². The predicted octanol–water partition coefficient (Wildman–Crippen LogP) is 4.44. The second-order valence-corrected chi connectivity index (χ2v) is 4.61. The van der Waals surface area contributed by atoms with Crippen molar-refractivity contribution in [3.05, 3.63) is 58.6 Å². The minimum atomic E-state index is 0.392. The zero-order valence-corrected chi connectivity index (χ0v) is 11.5. The zero-order chi connectivity index (χ0) is 13.7. The van der Waals surface area contributed by atoms with Gasteiger partial charge in [-0.25, -0.2) is 0 Å². The van der Waals surface area contributed by atoms with Gasteiger partial charge >= 0.3 is 0 Å². The number of hydrogen-bond donors (Lipinski definition) is 0. The summed E-state index contributed by atoms with van der Waals surface area (Å²) in [6.07, 6.45) is 2.14. The third kappa shape index (κ3) is 3.36. The van der Waals surface area contributed by atoms with E-state index >= 15 is 0 Å². The van der Waals surface area contributed by atoms with E-state index in [1.807, 2.05) is 36.4 Å². The van der Waals surface area contributed by atoms with E-state index in [1.165, 1.54) is 0 Å². The van der Waals surface area contributed by atoms with Crippen LogP contribution in [-0.2, 0) is 17.6 Å². The lowest BCUT2D eigenvalue weighted by molar-refractivity contribution is -0.107. The monoisotopic (exact) mass is 274 g/mol. The van der Waals surface area contributed by atoms with Gasteiger partial charge in [0.05, 0.1) is 5.02 Å². The summed E-state index contributed by atoms with van der Waals surface area (Å²) < 4.78 is 5.87. The Hall–Kier alpha value is -1.80. The molecule has 0 aliphatic carbocycles. The largest absolute Gasteiger partial charge is 0.456 e. The highest BCUT2D eigenvalue weighted by Gasteiger charge is 2.07. The molecule has 2 aromatic rings. The molecule has 0 spiro atoms. The van der Waals surface area contributed by atoms with Crippen molar-refractivity contribution < 1.29 is 9.53 Å². The average molecular weight is 275 g/mol. The fourth-order valence-corrected chi connectivity index (χ4v) is 2.03. The maximum Gasteiger partial charge on any atom is 0.146 e. The maximum atomic E-state index is 10.6. The van der Waals surface area contributed by atoms with Crippen LogP contribution < -0.4 is 4.74 Å². The fraction of sp³-hybridized carbons (Fsp3) is 0.188. The van der Waals surface area contributed by atoms with Crippen molar-refractivity contribution in [1.29, 1.82) is 0 Å². The van der Waals surface area contributed by atoms with E-state index in [0.717, 1.165) is 29.6 Å². The van der Waals surface area contributed by atoms with Gasteiger partial charge < -0.3 is 9.53 Å². The van der Waals surface area contributed by atoms with Gasteiger partial charge in [-0.2, -0.15) is 0 Å². The highest BCUT2D eigenvalue weighted by Crippen LogP contribution is 2.31. The molecule has 98 valence electrons. The van der Waals surface area contributed by atoms with Crippen LogP contribution in [0, 0.1) is 0 Å². The summed E-state index contributed by atoms with van der Waals surface area (Å²) in [6, 6.07) is 13.2. The number of para-hydroxylation sites is 1. The Bertz CT molecular complexity index is 579. The van der Waals surface area contributed by atoms with Gasteiger partial charge in [0.15, 0.2) is 0 Å². The molecule has 0 amide bonds. The van der Waals surface area contributed by atoms with E-state index in [-0.39, 0.29) is 0 Å². The molecule has 0 heterocycles. The van der Waals surface area contributed by atoms with Crippen molar-refractivity contribution in [3.63, 3.8) is 0 Å². The van der Waals surface area contributed by atoms with Crippen molar-refractivity contribution >= 4 is 17.9 Å². The van der Waals surface area contributed by atoms with Crippen molar-refractivity contribution in [2.24, 2.45) is 0 Å². The maximum absolute atomic E-state index is 10.6. The molecule has 0 saturated heterocycles. The minimum absolute atomic E-state index is 0.392. The number of carbonyl (C=O) groups is 1. The van der Waals surface area contributed by atoms with Crippen molar-refractivity contribution in [2.45, 2.75) is 19.8 Å². The lowest BCUT2D eigenvalue weighted by Gasteiger charge is -2.12. The van der Waals surface area contributed by atoms with Crippen LogP contribution in [-0.4, -0.2) is 6.29 Å². The van der Waals surface area contributed by atoms with Crippen LogP contribution in [0.4, 0.5) is 0 Å². The number of aldehydes is 1. The third-order valence-corrected chi connectivity index (χ3v) is 3.20. The molecule has 2 nitrogen and oxygen atoms in total. The standard InChI is InChI=1S/C16H15ClO2/c1-2-13-8-7-12(9-10-18)11-16(13)19-15-6-4-3-5-14(15)17/h3-8,10-11H,2,9H2,1H3. The molecular weight excluding hydrogens is 260 g/mol.